The summed E-state index contributed by atoms with van der Waals surface area (Å²) >= 11 is 1.92. The zero-order valence-electron chi connectivity index (χ0n) is 37.9. The van der Waals surface area contributed by atoms with E-state index in [-0.39, 0.29) is 33.1 Å². The van der Waals surface area contributed by atoms with Crippen molar-refractivity contribution >= 4 is 27.1 Å². The van der Waals surface area contributed by atoms with Crippen LogP contribution in [0.25, 0.3) is 10.1 Å². The van der Waals surface area contributed by atoms with Crippen LogP contribution in [0.5, 0.6) is 0 Å². The highest BCUT2D eigenvalue weighted by atomic mass is 32.1. The smallest absolute Gasteiger partial charge is 0.0605 e. The van der Waals surface area contributed by atoms with Crippen LogP contribution in [0, 0.1) is 22.2 Å². The maximum atomic E-state index is 3.98. The molecule has 0 fully saturated rings. The van der Waals surface area contributed by atoms with Gasteiger partial charge in [0, 0.05) is 33.4 Å². The van der Waals surface area contributed by atoms with Crippen molar-refractivity contribution < 1.29 is 0 Å². The first-order valence-corrected chi connectivity index (χ1v) is 22.5. The van der Waals surface area contributed by atoms with Crippen LogP contribution in [0.3, 0.4) is 0 Å². The lowest BCUT2D eigenvalue weighted by Gasteiger charge is -2.42. The summed E-state index contributed by atoms with van der Waals surface area (Å²) in [6, 6.07) is 5.34. The molecule has 2 unspecified atom stereocenters. The first-order chi connectivity index (χ1) is 26.0. The van der Waals surface area contributed by atoms with Crippen LogP contribution in [0.15, 0.2) is 111 Å². The minimum absolute atomic E-state index is 0.0287. The number of fused-ring (bicyclic) bond motifs is 2. The molecule has 302 valence electrons. The van der Waals surface area contributed by atoms with E-state index in [1.54, 1.807) is 0 Å². The minimum Gasteiger partial charge on any atom is -0.381 e. The molecule has 1 aromatic carbocycles. The van der Waals surface area contributed by atoms with Gasteiger partial charge in [0.1, 0.15) is 0 Å². The summed E-state index contributed by atoms with van der Waals surface area (Å²) in [6.07, 6.45) is 28.6. The molecule has 4 aliphatic carbocycles. The standard InChI is InChI=1S/C53H74N2S/c1-35(2)29-39(25-28-54-46-24-21-37(49(3,4)5)30-40(46)36-19-17-16-18-20-36)55(38-22-23-42(50(6,7)8)43(31-38)51(9,10)11)47-34-56-48-33-45-44(32-41(47)48)52(12,13)26-27-53(45,14)15/h16-17,19,21,23-25,29,31-34,37-38,54H,18,20,22,26-28,30H2,1-15H3/b39-25+. The molecule has 2 atom stereocenters. The van der Waals surface area contributed by atoms with Crippen molar-refractivity contribution in [3.8, 4) is 0 Å². The number of benzene rings is 1. The molecule has 0 saturated carbocycles. The molecule has 1 N–H and O–H groups in total. The third-order valence-corrected chi connectivity index (χ3v) is 14.0. The van der Waals surface area contributed by atoms with Crippen LogP contribution in [0.1, 0.15) is 154 Å². The average Bonchev–Trinajstić information content (AvgIpc) is 3.51. The van der Waals surface area contributed by atoms with E-state index in [1.165, 1.54) is 79.0 Å². The summed E-state index contributed by atoms with van der Waals surface area (Å²) in [5.41, 5.74) is 14.9. The summed E-state index contributed by atoms with van der Waals surface area (Å²) in [6.45, 7) is 36.5. The van der Waals surface area contributed by atoms with Crippen LogP contribution < -0.4 is 10.2 Å². The van der Waals surface area contributed by atoms with Gasteiger partial charge in [-0.05, 0) is 149 Å². The molecule has 6 rings (SSSR count). The molecule has 4 aliphatic rings. The average molecular weight is 771 g/mol. The number of nitrogens with one attached hydrogen (secondary N) is 1. The monoisotopic (exact) mass is 771 g/mol. The predicted molar refractivity (Wildman–Crippen MR) is 249 cm³/mol. The van der Waals surface area contributed by atoms with Gasteiger partial charge in [0.15, 0.2) is 0 Å². The van der Waals surface area contributed by atoms with E-state index in [1.807, 2.05) is 11.3 Å². The van der Waals surface area contributed by atoms with Crippen LogP contribution >= 0.6 is 11.3 Å². The van der Waals surface area contributed by atoms with Crippen molar-refractivity contribution in [3.63, 3.8) is 0 Å². The molecule has 0 saturated heterocycles. The van der Waals surface area contributed by atoms with Crippen LogP contribution in [-0.2, 0) is 10.8 Å². The number of thiophene rings is 1. The highest BCUT2D eigenvalue weighted by Crippen LogP contribution is 2.51. The normalized spacial score (nSPS) is 22.7. The topological polar surface area (TPSA) is 15.3 Å². The van der Waals surface area contributed by atoms with Crippen molar-refractivity contribution in [2.45, 2.75) is 159 Å². The molecular formula is C53H74N2S. The molecule has 0 spiro atoms. The van der Waals surface area contributed by atoms with E-state index in [2.05, 4.69) is 186 Å². The third-order valence-electron chi connectivity index (χ3n) is 13.0. The molecule has 0 radical (unpaired) electrons. The van der Waals surface area contributed by atoms with Gasteiger partial charge in [-0.25, -0.2) is 0 Å². The Balaban J connectivity index is 1.50. The molecule has 56 heavy (non-hydrogen) atoms. The van der Waals surface area contributed by atoms with Crippen molar-refractivity contribution in [1.82, 2.24) is 5.32 Å². The van der Waals surface area contributed by atoms with Gasteiger partial charge in [0.25, 0.3) is 0 Å². The second kappa shape index (κ2) is 15.5. The zero-order valence-corrected chi connectivity index (χ0v) is 38.7. The Morgan fingerprint density at radius 3 is 2.16 bits per heavy atom. The largest absolute Gasteiger partial charge is 0.381 e. The second-order valence-electron chi connectivity index (χ2n) is 22.0. The first-order valence-electron chi connectivity index (χ1n) is 21.6. The van der Waals surface area contributed by atoms with E-state index in [0.29, 0.717) is 5.92 Å². The Morgan fingerprint density at radius 2 is 1.57 bits per heavy atom. The predicted octanol–water partition coefficient (Wildman–Crippen LogP) is 15.4. The molecule has 1 heterocycles. The molecule has 3 heteroatoms. The van der Waals surface area contributed by atoms with E-state index < -0.39 is 0 Å². The van der Waals surface area contributed by atoms with Crippen LogP contribution in [-0.4, -0.2) is 12.6 Å². The Hall–Kier alpha value is -3.30. The van der Waals surface area contributed by atoms with Crippen molar-refractivity contribution in [2.24, 2.45) is 22.2 Å². The summed E-state index contributed by atoms with van der Waals surface area (Å²) in [7, 11) is 0. The van der Waals surface area contributed by atoms with Gasteiger partial charge in [0.05, 0.1) is 11.7 Å². The van der Waals surface area contributed by atoms with Crippen molar-refractivity contribution in [3.05, 3.63) is 123 Å². The fourth-order valence-corrected chi connectivity index (χ4v) is 10.4. The number of allylic oxidation sites excluding steroid dienone is 11. The number of nitrogens with zero attached hydrogens (tertiary/aromatic N) is 1. The fourth-order valence-electron chi connectivity index (χ4n) is 9.43. The van der Waals surface area contributed by atoms with Gasteiger partial charge in [0.2, 0.25) is 0 Å². The highest BCUT2D eigenvalue weighted by Gasteiger charge is 2.39. The molecular weight excluding hydrogens is 697 g/mol. The van der Waals surface area contributed by atoms with Gasteiger partial charge in [-0.3, -0.25) is 0 Å². The van der Waals surface area contributed by atoms with Gasteiger partial charge in [-0.1, -0.05) is 132 Å². The Kier molecular flexibility index (Phi) is 11.7. The maximum Gasteiger partial charge on any atom is 0.0605 e. The van der Waals surface area contributed by atoms with Gasteiger partial charge in [-0.2, -0.15) is 0 Å². The molecule has 2 nitrogen and oxygen atoms in total. The second-order valence-corrected chi connectivity index (χ2v) is 22.9. The molecule has 0 aliphatic heterocycles. The van der Waals surface area contributed by atoms with E-state index in [0.717, 1.165) is 32.2 Å². The quantitative estimate of drug-likeness (QED) is 0.269. The number of anilines is 1. The SMILES string of the molecule is CC(C)=C/C(=C\CNC1=C(C2=CC=CCC2)CC(C(C)(C)C)C=C1)N(c1csc2cc3c(cc12)C(C)(C)CCC3(C)C)C1C=C(C(C)(C)C)C(C(C)(C)C)=CC1. The zero-order chi connectivity index (χ0) is 41.0. The Morgan fingerprint density at radius 1 is 0.911 bits per heavy atom. The van der Waals surface area contributed by atoms with E-state index >= 15 is 0 Å². The molecule has 0 amide bonds. The van der Waals surface area contributed by atoms with E-state index in [9.17, 15) is 0 Å². The van der Waals surface area contributed by atoms with Gasteiger partial charge < -0.3 is 10.2 Å². The number of rotatable bonds is 8. The van der Waals surface area contributed by atoms with Crippen LogP contribution in [0.2, 0.25) is 0 Å². The molecule has 1 aromatic heterocycles. The van der Waals surface area contributed by atoms with Crippen molar-refractivity contribution in [1.29, 1.82) is 0 Å². The molecule has 2 aromatic rings. The van der Waals surface area contributed by atoms with Gasteiger partial charge in [-0.15, -0.1) is 11.3 Å². The third kappa shape index (κ3) is 8.89. The fraction of sp³-hybridized carbons (Fsp3) is 0.547. The minimum atomic E-state index is 0.0287. The first kappa shape index (κ1) is 42.3. The van der Waals surface area contributed by atoms with Gasteiger partial charge >= 0.3 is 0 Å². The summed E-state index contributed by atoms with van der Waals surface area (Å²) < 4.78 is 1.40. The lowest BCUT2D eigenvalue weighted by atomic mass is 9.63. The number of hydrogen-bond acceptors (Lipinski definition) is 3. The number of hydrogen-bond donors (Lipinski definition) is 1. The van der Waals surface area contributed by atoms with Crippen molar-refractivity contribution in [2.75, 3.05) is 11.4 Å². The summed E-state index contributed by atoms with van der Waals surface area (Å²) in [5.74, 6) is 0.524. The highest BCUT2D eigenvalue weighted by molar-refractivity contribution is 7.17. The maximum absolute atomic E-state index is 3.98. The van der Waals surface area contributed by atoms with E-state index in [4.69, 9.17) is 0 Å². The Labute approximate surface area is 346 Å². The lowest BCUT2D eigenvalue weighted by molar-refractivity contribution is 0.288. The lowest BCUT2D eigenvalue weighted by Crippen LogP contribution is -2.37. The Bertz CT molecular complexity index is 2070. The van der Waals surface area contributed by atoms with Crippen LogP contribution in [0.4, 0.5) is 5.69 Å². The molecule has 0 bridgehead atoms. The summed E-state index contributed by atoms with van der Waals surface area (Å²) in [5, 5.41) is 7.83. The summed E-state index contributed by atoms with van der Waals surface area (Å²) in [4.78, 5) is 2.71.